The van der Waals surface area contributed by atoms with Gasteiger partial charge in [-0.1, -0.05) is 25.5 Å². The molecule has 0 atom stereocenters. The number of benzene rings is 1. The van der Waals surface area contributed by atoms with Gasteiger partial charge in [0.1, 0.15) is 5.75 Å². The largest absolute Gasteiger partial charge is 0.494 e. The topological polar surface area (TPSA) is 45.6 Å². The van der Waals surface area contributed by atoms with Crippen molar-refractivity contribution in [3.05, 3.63) is 29.8 Å². The monoisotopic (exact) mass is 419 g/mol. The van der Waals surface area contributed by atoms with E-state index < -0.39 is 0 Å². The molecule has 2 N–H and O–H groups in total. The van der Waals surface area contributed by atoms with E-state index in [0.29, 0.717) is 6.04 Å². The molecule has 0 saturated carbocycles. The second kappa shape index (κ2) is 12.6. The molecule has 0 heterocycles. The highest BCUT2D eigenvalue weighted by Crippen LogP contribution is 2.12. The molecule has 5 heteroatoms. The Kier molecular flexibility index (Phi) is 12.0. The van der Waals surface area contributed by atoms with Gasteiger partial charge < -0.3 is 15.4 Å². The Morgan fingerprint density at radius 1 is 1.23 bits per heavy atom. The third-order valence-electron chi connectivity index (χ3n) is 3.05. The lowest BCUT2D eigenvalue weighted by atomic mass is 10.1. The molecule has 0 aromatic heterocycles. The van der Waals surface area contributed by atoms with E-state index in [4.69, 9.17) is 4.74 Å². The summed E-state index contributed by atoms with van der Waals surface area (Å²) in [6.45, 7) is 8.03. The van der Waals surface area contributed by atoms with Crippen LogP contribution in [0.2, 0.25) is 0 Å². The molecule has 4 nitrogen and oxygen atoms in total. The first kappa shape index (κ1) is 21.0. The summed E-state index contributed by atoms with van der Waals surface area (Å²) >= 11 is 0. The van der Waals surface area contributed by atoms with Crippen LogP contribution in [0.5, 0.6) is 5.75 Å². The fourth-order valence-electron chi connectivity index (χ4n) is 1.88. The SMILES string of the molecule is CCCCOc1ccc(CCNC(=NC)NC(C)C)cc1.I. The lowest BCUT2D eigenvalue weighted by molar-refractivity contribution is 0.309. The standard InChI is InChI=1S/C17H29N3O.HI/c1-5-6-13-21-16-9-7-15(8-10-16)11-12-19-17(18-4)20-14(2)3;/h7-10,14H,5-6,11-13H2,1-4H3,(H2,18,19,20);1H. The van der Waals surface area contributed by atoms with Gasteiger partial charge in [-0.2, -0.15) is 0 Å². The van der Waals surface area contributed by atoms with E-state index in [-0.39, 0.29) is 24.0 Å². The van der Waals surface area contributed by atoms with Crippen LogP contribution >= 0.6 is 24.0 Å². The molecular weight excluding hydrogens is 389 g/mol. The van der Waals surface area contributed by atoms with Crippen molar-refractivity contribution in [2.24, 2.45) is 4.99 Å². The van der Waals surface area contributed by atoms with E-state index in [0.717, 1.165) is 44.1 Å². The van der Waals surface area contributed by atoms with Crippen LogP contribution in [0.25, 0.3) is 0 Å². The zero-order valence-electron chi connectivity index (χ0n) is 14.2. The van der Waals surface area contributed by atoms with E-state index in [2.05, 4.69) is 48.5 Å². The van der Waals surface area contributed by atoms with Gasteiger partial charge in [0, 0.05) is 19.6 Å². The van der Waals surface area contributed by atoms with Crippen molar-refractivity contribution in [1.82, 2.24) is 10.6 Å². The van der Waals surface area contributed by atoms with Gasteiger partial charge >= 0.3 is 0 Å². The number of aliphatic imine (C=N–C) groups is 1. The molecule has 0 bridgehead atoms. The van der Waals surface area contributed by atoms with Gasteiger partial charge in [0.25, 0.3) is 0 Å². The van der Waals surface area contributed by atoms with Crippen molar-refractivity contribution in [2.45, 2.75) is 46.1 Å². The molecule has 0 spiro atoms. The Hall–Kier alpha value is -0.980. The highest BCUT2D eigenvalue weighted by Gasteiger charge is 2.00. The van der Waals surface area contributed by atoms with Gasteiger partial charge in [-0.25, -0.2) is 0 Å². The van der Waals surface area contributed by atoms with Gasteiger partial charge in [0.05, 0.1) is 6.61 Å². The number of hydrogen-bond acceptors (Lipinski definition) is 2. The Balaban J connectivity index is 0.00000441. The molecular formula is C17H30IN3O. The first-order valence-corrected chi connectivity index (χ1v) is 7.84. The van der Waals surface area contributed by atoms with Gasteiger partial charge in [0.15, 0.2) is 5.96 Å². The Labute approximate surface area is 152 Å². The molecule has 0 aliphatic carbocycles. The van der Waals surface area contributed by atoms with Crippen molar-refractivity contribution in [3.63, 3.8) is 0 Å². The van der Waals surface area contributed by atoms with Crippen LogP contribution in [-0.2, 0) is 6.42 Å². The minimum absolute atomic E-state index is 0. The number of rotatable bonds is 8. The number of guanidine groups is 1. The number of nitrogens with one attached hydrogen (secondary N) is 2. The van der Waals surface area contributed by atoms with Crippen LogP contribution in [0.15, 0.2) is 29.3 Å². The maximum Gasteiger partial charge on any atom is 0.191 e. The second-order valence-corrected chi connectivity index (χ2v) is 5.39. The maximum absolute atomic E-state index is 5.66. The average Bonchev–Trinajstić information content (AvgIpc) is 2.47. The number of hydrogen-bond donors (Lipinski definition) is 2. The van der Waals surface area contributed by atoms with Gasteiger partial charge in [-0.05, 0) is 44.4 Å². The van der Waals surface area contributed by atoms with Crippen molar-refractivity contribution in [3.8, 4) is 5.75 Å². The van der Waals surface area contributed by atoms with Gasteiger partial charge in [0.2, 0.25) is 0 Å². The summed E-state index contributed by atoms with van der Waals surface area (Å²) in [7, 11) is 1.79. The molecule has 0 saturated heterocycles. The Morgan fingerprint density at radius 3 is 2.45 bits per heavy atom. The summed E-state index contributed by atoms with van der Waals surface area (Å²) in [6, 6.07) is 8.73. The van der Waals surface area contributed by atoms with Crippen LogP contribution in [0.1, 0.15) is 39.2 Å². The van der Waals surface area contributed by atoms with Crippen molar-refractivity contribution in [1.29, 1.82) is 0 Å². The van der Waals surface area contributed by atoms with Crippen LogP contribution in [-0.4, -0.2) is 32.2 Å². The highest BCUT2D eigenvalue weighted by atomic mass is 127. The number of nitrogens with zero attached hydrogens (tertiary/aromatic N) is 1. The molecule has 0 amide bonds. The van der Waals surface area contributed by atoms with Crippen molar-refractivity contribution < 1.29 is 4.74 Å². The van der Waals surface area contributed by atoms with Gasteiger partial charge in [-0.3, -0.25) is 4.99 Å². The van der Waals surface area contributed by atoms with E-state index in [1.807, 2.05) is 12.1 Å². The molecule has 126 valence electrons. The summed E-state index contributed by atoms with van der Waals surface area (Å²) in [5.41, 5.74) is 1.30. The number of halogens is 1. The first-order valence-electron chi connectivity index (χ1n) is 7.84. The molecule has 1 aromatic rings. The fraction of sp³-hybridized carbons (Fsp3) is 0.588. The normalized spacial score (nSPS) is 11.0. The molecule has 1 aromatic carbocycles. The van der Waals surface area contributed by atoms with Crippen LogP contribution in [0.4, 0.5) is 0 Å². The predicted molar refractivity (Wildman–Crippen MR) is 106 cm³/mol. The quantitative estimate of drug-likeness (QED) is 0.293. The molecule has 0 fully saturated rings. The smallest absolute Gasteiger partial charge is 0.191 e. The molecule has 22 heavy (non-hydrogen) atoms. The Bertz CT molecular complexity index is 418. The van der Waals surface area contributed by atoms with E-state index in [1.165, 1.54) is 5.56 Å². The fourth-order valence-corrected chi connectivity index (χ4v) is 1.88. The summed E-state index contributed by atoms with van der Waals surface area (Å²) in [5, 5.41) is 6.59. The maximum atomic E-state index is 5.66. The third kappa shape index (κ3) is 9.12. The molecule has 0 aliphatic rings. The molecule has 0 unspecified atom stereocenters. The zero-order chi connectivity index (χ0) is 15.5. The van der Waals surface area contributed by atoms with E-state index >= 15 is 0 Å². The van der Waals surface area contributed by atoms with E-state index in [1.54, 1.807) is 7.05 Å². The zero-order valence-corrected chi connectivity index (χ0v) is 16.5. The third-order valence-corrected chi connectivity index (χ3v) is 3.05. The van der Waals surface area contributed by atoms with Crippen molar-refractivity contribution >= 4 is 29.9 Å². The van der Waals surface area contributed by atoms with Crippen LogP contribution < -0.4 is 15.4 Å². The summed E-state index contributed by atoms with van der Waals surface area (Å²) in [4.78, 5) is 4.19. The second-order valence-electron chi connectivity index (χ2n) is 5.39. The number of ether oxygens (including phenoxy) is 1. The van der Waals surface area contributed by atoms with Crippen LogP contribution in [0.3, 0.4) is 0 Å². The average molecular weight is 419 g/mol. The van der Waals surface area contributed by atoms with Crippen molar-refractivity contribution in [2.75, 3.05) is 20.2 Å². The molecule has 0 radical (unpaired) electrons. The van der Waals surface area contributed by atoms with Crippen LogP contribution in [0, 0.1) is 0 Å². The number of unbranched alkanes of at least 4 members (excludes halogenated alkanes) is 1. The van der Waals surface area contributed by atoms with Gasteiger partial charge in [-0.15, -0.1) is 24.0 Å². The summed E-state index contributed by atoms with van der Waals surface area (Å²) < 4.78 is 5.66. The minimum Gasteiger partial charge on any atom is -0.494 e. The van der Waals surface area contributed by atoms with E-state index in [9.17, 15) is 0 Å². The predicted octanol–water partition coefficient (Wildman–Crippen LogP) is 3.60. The minimum atomic E-state index is 0. The molecule has 1 rings (SSSR count). The first-order chi connectivity index (χ1) is 10.2. The lowest BCUT2D eigenvalue weighted by Crippen LogP contribution is -2.41. The summed E-state index contributed by atoms with van der Waals surface area (Å²) in [6.07, 6.45) is 3.23. The Morgan fingerprint density at radius 2 is 1.91 bits per heavy atom. The lowest BCUT2D eigenvalue weighted by Gasteiger charge is -2.14. The summed E-state index contributed by atoms with van der Waals surface area (Å²) in [5.74, 6) is 1.81. The highest BCUT2D eigenvalue weighted by molar-refractivity contribution is 14.0. The molecule has 0 aliphatic heterocycles.